The van der Waals surface area contributed by atoms with Gasteiger partial charge in [-0.3, -0.25) is 0 Å². The Hall–Kier alpha value is -8.50. The molecule has 12 aromatic rings. The van der Waals surface area contributed by atoms with Crippen LogP contribution in [0, 0.1) is 27.7 Å². The van der Waals surface area contributed by atoms with E-state index in [9.17, 15) is 4.79 Å². The van der Waals surface area contributed by atoms with Crippen molar-refractivity contribution in [2.75, 3.05) is 13.7 Å². The van der Waals surface area contributed by atoms with Gasteiger partial charge in [0.25, 0.3) is 0 Å². The lowest BCUT2D eigenvalue weighted by atomic mass is 9.87. The van der Waals surface area contributed by atoms with Crippen LogP contribution in [0.3, 0.4) is 0 Å². The standard InChI is InChI=1S/C29H33O3S.C21H21OS.C18H19S.C18H15S/c1-4-29(17-11-12-18-29)32-27(30)21-31-28-22(2)19-26(20-23(28)3)33(24-13-7-5-8-14-24)25-15-9-6-10-16-25;1-16-14-20(15-17(2)21(16)22-3)23(18-10-6-4-7-11-18)19-12-8-5-9-13-19;1-18(2,3)15-8-10-16(11-9-15)19-13-12-14-6-4-5-7-17(14)19;1-4-10-16(11-5-1)19(17-12-6-2-7-13-17)18-14-8-3-9-15-18/h5-10,13-16,19-20H,4,11-12,17-18,21H2,1-3H3;4-15H,1-3H3;4-13H,1-3H3;1-15H/q4*+1. The molecule has 1 heterocycles. The van der Waals surface area contributed by atoms with Crippen molar-refractivity contribution in [3.05, 3.63) is 324 Å². The lowest BCUT2D eigenvalue weighted by molar-refractivity contribution is -0.162. The van der Waals surface area contributed by atoms with E-state index in [0.717, 1.165) is 54.7 Å². The number of aryl methyl sites for hydroxylation is 4. The first-order chi connectivity index (χ1) is 45.7. The van der Waals surface area contributed by atoms with Gasteiger partial charge >= 0.3 is 5.97 Å². The van der Waals surface area contributed by atoms with Gasteiger partial charge in [0.1, 0.15) is 22.5 Å². The second kappa shape index (κ2) is 33.1. The lowest BCUT2D eigenvalue weighted by Gasteiger charge is -2.27. The Kier molecular flexibility index (Phi) is 24.0. The number of fused-ring (bicyclic) bond motifs is 1. The SMILES string of the molecule is CC(C)(C)c1ccc(-[s+]2ccc3ccccc32)cc1.CCC1(OC(=O)COc2c(C)cc([S+](c3ccccc3)c3ccccc3)cc2C)CCCC1.COc1c(C)cc([S+](c2ccccc2)c2ccccc2)cc1C.c1ccc([S+](c2ccccc2)c2ccccc2)cc1. The third-order valence-electron chi connectivity index (χ3n) is 16.7. The maximum absolute atomic E-state index is 12.6. The number of carbonyl (C=O) groups excluding carboxylic acids is 1. The molecule has 0 spiro atoms. The summed E-state index contributed by atoms with van der Waals surface area (Å²) in [5, 5.41) is 3.70. The van der Waals surface area contributed by atoms with Crippen molar-refractivity contribution >= 4 is 59.2 Å². The van der Waals surface area contributed by atoms with Crippen LogP contribution in [0.4, 0.5) is 0 Å². The van der Waals surface area contributed by atoms with Gasteiger partial charge in [-0.05, 0) is 202 Å². The van der Waals surface area contributed by atoms with Gasteiger partial charge in [-0.1, -0.05) is 179 Å². The topological polar surface area (TPSA) is 44.8 Å². The zero-order chi connectivity index (χ0) is 65.9. The second-order valence-electron chi connectivity index (χ2n) is 24.5. The number of carbonyl (C=O) groups is 1. The van der Waals surface area contributed by atoms with Gasteiger partial charge in [0.05, 0.1) is 39.8 Å². The fourth-order valence-corrected chi connectivity index (χ4v) is 20.5. The van der Waals surface area contributed by atoms with Crippen molar-refractivity contribution in [2.24, 2.45) is 0 Å². The molecule has 1 fully saturated rings. The van der Waals surface area contributed by atoms with E-state index in [2.05, 4.69) is 352 Å². The van der Waals surface area contributed by atoms with Gasteiger partial charge in [-0.2, -0.15) is 0 Å². The van der Waals surface area contributed by atoms with E-state index < -0.39 is 0 Å². The third kappa shape index (κ3) is 17.6. The van der Waals surface area contributed by atoms with Crippen LogP contribution >= 0.6 is 10.5 Å². The zero-order valence-corrected chi connectivity index (χ0v) is 59.1. The summed E-state index contributed by atoms with van der Waals surface area (Å²) in [4.78, 5) is 25.9. The summed E-state index contributed by atoms with van der Waals surface area (Å²) in [6.45, 7) is 17.2. The Morgan fingerprint density at radius 1 is 0.426 bits per heavy atom. The minimum atomic E-state index is -0.284. The molecule has 476 valence electrons. The normalized spacial score (nSPS) is 12.6. The molecule has 1 aliphatic rings. The number of thiophene rings is 1. The van der Waals surface area contributed by atoms with Crippen LogP contribution in [-0.4, -0.2) is 25.3 Å². The fourth-order valence-electron chi connectivity index (χ4n) is 12.0. The van der Waals surface area contributed by atoms with Crippen molar-refractivity contribution in [3.63, 3.8) is 0 Å². The molecule has 1 saturated carbocycles. The Morgan fingerprint density at radius 3 is 1.10 bits per heavy atom. The van der Waals surface area contributed by atoms with E-state index in [1.54, 1.807) is 7.11 Å². The summed E-state index contributed by atoms with van der Waals surface area (Å²) in [5.74, 6) is 1.49. The molecular weight excluding hydrogens is 1230 g/mol. The molecule has 0 amide bonds. The number of hydrogen-bond acceptors (Lipinski definition) is 4. The number of benzene rings is 11. The van der Waals surface area contributed by atoms with Crippen LogP contribution in [0.5, 0.6) is 11.5 Å². The van der Waals surface area contributed by atoms with Crippen LogP contribution in [0.2, 0.25) is 0 Å². The highest BCUT2D eigenvalue weighted by Gasteiger charge is 2.37. The molecule has 13 rings (SSSR count). The Balaban J connectivity index is 0.000000141. The Morgan fingerprint density at radius 2 is 0.755 bits per heavy atom. The zero-order valence-electron chi connectivity index (χ0n) is 55.8. The molecule has 94 heavy (non-hydrogen) atoms. The predicted octanol–water partition coefficient (Wildman–Crippen LogP) is 23.1. The first-order valence-electron chi connectivity index (χ1n) is 32.5. The van der Waals surface area contributed by atoms with Crippen LogP contribution < -0.4 is 9.47 Å². The predicted molar refractivity (Wildman–Crippen MR) is 400 cm³/mol. The van der Waals surface area contributed by atoms with Crippen molar-refractivity contribution < 1.29 is 19.0 Å². The number of rotatable bonds is 16. The highest BCUT2D eigenvalue weighted by molar-refractivity contribution is 7.97. The molecule has 0 radical (unpaired) electrons. The molecule has 11 aromatic carbocycles. The van der Waals surface area contributed by atoms with Crippen LogP contribution in [-0.2, 0) is 47.6 Å². The average Bonchev–Trinajstić information content (AvgIpc) is 1.02. The third-order valence-corrected chi connectivity index (χ3v) is 25.4. The van der Waals surface area contributed by atoms with Crippen molar-refractivity contribution in [1.29, 1.82) is 0 Å². The van der Waals surface area contributed by atoms with Gasteiger partial charge in [0.2, 0.25) is 0 Å². The van der Waals surface area contributed by atoms with Gasteiger partial charge in [0, 0.05) is 46.2 Å². The summed E-state index contributed by atoms with van der Waals surface area (Å²) in [6.07, 6.45) is 5.05. The first-order valence-corrected chi connectivity index (χ1v) is 37.5. The summed E-state index contributed by atoms with van der Waals surface area (Å²) >= 11 is 0. The van der Waals surface area contributed by atoms with Crippen molar-refractivity contribution in [3.8, 4) is 16.4 Å². The molecule has 0 aliphatic heterocycles. The molecule has 1 aromatic heterocycles. The second-order valence-corrected chi connectivity index (χ2v) is 32.5. The monoisotopic (exact) mass is 1310 g/mol. The van der Waals surface area contributed by atoms with E-state index in [0.29, 0.717) is 0 Å². The molecule has 4 nitrogen and oxygen atoms in total. The molecule has 0 bridgehead atoms. The molecule has 1 unspecified atom stereocenters. The number of hydrogen-bond donors (Lipinski definition) is 0. The van der Waals surface area contributed by atoms with Gasteiger partial charge in [0.15, 0.2) is 60.3 Å². The van der Waals surface area contributed by atoms with Crippen LogP contribution in [0.15, 0.2) is 341 Å². The van der Waals surface area contributed by atoms with E-state index >= 15 is 0 Å². The average molecular weight is 1310 g/mol. The maximum atomic E-state index is 12.6. The van der Waals surface area contributed by atoms with Crippen LogP contribution in [0.25, 0.3) is 15.0 Å². The lowest BCUT2D eigenvalue weighted by Crippen LogP contribution is -2.33. The molecule has 0 N–H and O–H groups in total. The molecule has 1 aliphatic carbocycles. The van der Waals surface area contributed by atoms with Gasteiger partial charge in [-0.15, -0.1) is 0 Å². The number of ether oxygens (including phenoxy) is 3. The smallest absolute Gasteiger partial charge is 0.344 e. The Bertz CT molecular complexity index is 4060. The molecule has 8 heteroatoms. The van der Waals surface area contributed by atoms with Gasteiger partial charge in [-0.25, -0.2) is 4.79 Å². The highest BCUT2D eigenvalue weighted by atomic mass is 32.2. The molecular formula is C86H88O4S4+4. The summed E-state index contributed by atoms with van der Waals surface area (Å²) in [5.41, 5.74) is 5.79. The minimum Gasteiger partial charge on any atom is -0.496 e. The summed E-state index contributed by atoms with van der Waals surface area (Å²) in [6, 6.07) is 104. The van der Waals surface area contributed by atoms with E-state index in [4.69, 9.17) is 14.2 Å². The number of methoxy groups -OCH3 is 1. The Labute approximate surface area is 571 Å². The molecule has 1 atom stereocenters. The highest BCUT2D eigenvalue weighted by Crippen LogP contribution is 2.42. The van der Waals surface area contributed by atoms with Gasteiger partial charge < -0.3 is 14.2 Å². The molecule has 0 saturated heterocycles. The number of esters is 1. The van der Waals surface area contributed by atoms with Crippen molar-refractivity contribution in [2.45, 2.75) is 143 Å². The summed E-state index contributed by atoms with van der Waals surface area (Å²) in [7, 11) is 1.53. The van der Waals surface area contributed by atoms with E-state index in [-0.39, 0.29) is 66.7 Å². The largest absolute Gasteiger partial charge is 0.496 e. The maximum Gasteiger partial charge on any atom is 0.344 e. The van der Waals surface area contributed by atoms with Crippen molar-refractivity contribution in [1.82, 2.24) is 0 Å². The minimum absolute atomic E-state index is 0.0146. The fraction of sp³-hybridized carbons (Fsp3) is 0.198. The summed E-state index contributed by atoms with van der Waals surface area (Å²) < 4.78 is 18.8. The van der Waals surface area contributed by atoms with E-state index in [1.807, 2.05) is 0 Å². The van der Waals surface area contributed by atoms with Crippen LogP contribution in [0.1, 0.15) is 87.6 Å². The quantitative estimate of drug-likeness (QED) is 0.0714. The first kappa shape index (κ1) is 68.4. The van der Waals surface area contributed by atoms with E-state index in [1.165, 1.54) is 75.7 Å².